The molecule has 0 aliphatic heterocycles. The van der Waals surface area contributed by atoms with Crippen LogP contribution in [0.5, 0.6) is 0 Å². The Bertz CT molecular complexity index is 149. The zero-order chi connectivity index (χ0) is 13.1. The van der Waals surface area contributed by atoms with Crippen LogP contribution in [0.25, 0.3) is 0 Å². The quantitative estimate of drug-likeness (QED) is 0.595. The fourth-order valence-corrected chi connectivity index (χ4v) is 2.04. The Morgan fingerprint density at radius 1 is 0.941 bits per heavy atom. The van der Waals surface area contributed by atoms with Crippen molar-refractivity contribution in [2.24, 2.45) is 0 Å². The first-order valence-corrected chi connectivity index (χ1v) is 7.59. The first-order valence-electron chi connectivity index (χ1n) is 7.59. The maximum atomic E-state index is 3.52. The normalized spacial score (nSPS) is 13.6. The number of rotatable bonds is 11. The van der Waals surface area contributed by atoms with Gasteiger partial charge in [0.2, 0.25) is 0 Å². The lowest BCUT2D eigenvalue weighted by Crippen LogP contribution is -2.37. The zero-order valence-corrected chi connectivity index (χ0v) is 12.8. The van der Waals surface area contributed by atoms with Crippen molar-refractivity contribution in [1.82, 2.24) is 10.2 Å². The third-order valence-electron chi connectivity index (χ3n) is 3.34. The van der Waals surface area contributed by atoms with E-state index in [-0.39, 0.29) is 0 Å². The molecular formula is C15H34N2. The van der Waals surface area contributed by atoms with Crippen molar-refractivity contribution >= 4 is 0 Å². The molecule has 1 unspecified atom stereocenters. The maximum absolute atomic E-state index is 3.52. The van der Waals surface area contributed by atoms with Gasteiger partial charge in [0, 0.05) is 12.1 Å². The Labute approximate surface area is 109 Å². The number of unbranched alkanes of at least 4 members (excludes halogenated alkanes) is 2. The van der Waals surface area contributed by atoms with Crippen molar-refractivity contribution in [3.05, 3.63) is 0 Å². The van der Waals surface area contributed by atoms with Crippen molar-refractivity contribution in [3.63, 3.8) is 0 Å². The van der Waals surface area contributed by atoms with Gasteiger partial charge in [-0.05, 0) is 45.8 Å². The van der Waals surface area contributed by atoms with Gasteiger partial charge < -0.3 is 10.2 Å². The molecule has 0 heterocycles. The van der Waals surface area contributed by atoms with Crippen LogP contribution in [0.3, 0.4) is 0 Å². The summed E-state index contributed by atoms with van der Waals surface area (Å²) < 4.78 is 0. The monoisotopic (exact) mass is 242 g/mol. The van der Waals surface area contributed by atoms with Crippen molar-refractivity contribution < 1.29 is 0 Å². The van der Waals surface area contributed by atoms with Crippen LogP contribution in [0, 0.1) is 0 Å². The minimum Gasteiger partial charge on any atom is -0.314 e. The summed E-state index contributed by atoms with van der Waals surface area (Å²) in [5.74, 6) is 0. The molecule has 17 heavy (non-hydrogen) atoms. The zero-order valence-electron chi connectivity index (χ0n) is 12.8. The largest absolute Gasteiger partial charge is 0.314 e. The fraction of sp³-hybridized carbons (Fsp3) is 1.00. The van der Waals surface area contributed by atoms with Crippen molar-refractivity contribution in [2.45, 2.75) is 78.8 Å². The molecular weight excluding hydrogens is 208 g/mol. The Morgan fingerprint density at radius 2 is 1.47 bits per heavy atom. The third-order valence-corrected chi connectivity index (χ3v) is 3.34. The van der Waals surface area contributed by atoms with Gasteiger partial charge in [-0.25, -0.2) is 0 Å². The first kappa shape index (κ1) is 16.9. The highest BCUT2D eigenvalue weighted by Gasteiger charge is 2.12. The van der Waals surface area contributed by atoms with Crippen LogP contribution in [0.4, 0.5) is 0 Å². The summed E-state index contributed by atoms with van der Waals surface area (Å²) in [6.07, 6.45) is 6.56. The molecule has 0 amide bonds. The van der Waals surface area contributed by atoms with Gasteiger partial charge in [0.15, 0.2) is 0 Å². The van der Waals surface area contributed by atoms with Gasteiger partial charge in [-0.2, -0.15) is 0 Å². The molecule has 0 aromatic heterocycles. The van der Waals surface area contributed by atoms with Gasteiger partial charge in [-0.1, -0.05) is 40.5 Å². The molecule has 0 saturated heterocycles. The predicted molar refractivity (Wildman–Crippen MR) is 78.6 cm³/mol. The van der Waals surface area contributed by atoms with Crippen LogP contribution in [0.15, 0.2) is 0 Å². The number of hydrogen-bond acceptors (Lipinski definition) is 2. The lowest BCUT2D eigenvalue weighted by atomic mass is 10.1. The number of nitrogens with zero attached hydrogens (tertiary/aromatic N) is 1. The summed E-state index contributed by atoms with van der Waals surface area (Å²) in [6, 6.07) is 1.33. The smallest absolute Gasteiger partial charge is 0.00790 e. The van der Waals surface area contributed by atoms with Crippen LogP contribution in [-0.2, 0) is 0 Å². The topological polar surface area (TPSA) is 15.3 Å². The summed E-state index contributed by atoms with van der Waals surface area (Å²) in [5, 5.41) is 3.52. The van der Waals surface area contributed by atoms with E-state index in [1.807, 2.05) is 0 Å². The lowest BCUT2D eigenvalue weighted by Gasteiger charge is -2.29. The molecule has 0 aliphatic rings. The van der Waals surface area contributed by atoms with E-state index in [0.29, 0.717) is 6.04 Å². The molecule has 104 valence electrons. The Morgan fingerprint density at radius 3 is 1.88 bits per heavy atom. The summed E-state index contributed by atoms with van der Waals surface area (Å²) in [7, 11) is 0. The van der Waals surface area contributed by atoms with Crippen molar-refractivity contribution in [1.29, 1.82) is 0 Å². The molecule has 0 fully saturated rings. The van der Waals surface area contributed by atoms with Gasteiger partial charge in [0.05, 0.1) is 0 Å². The molecule has 2 heteroatoms. The summed E-state index contributed by atoms with van der Waals surface area (Å²) in [5.41, 5.74) is 0. The molecule has 0 saturated carbocycles. The molecule has 0 spiro atoms. The van der Waals surface area contributed by atoms with Crippen molar-refractivity contribution in [2.75, 3.05) is 19.6 Å². The van der Waals surface area contributed by atoms with E-state index < -0.39 is 0 Å². The number of nitrogens with one attached hydrogen (secondary N) is 1. The lowest BCUT2D eigenvalue weighted by molar-refractivity contribution is 0.192. The van der Waals surface area contributed by atoms with E-state index in [4.69, 9.17) is 0 Å². The van der Waals surface area contributed by atoms with E-state index in [1.54, 1.807) is 0 Å². The van der Waals surface area contributed by atoms with E-state index in [0.717, 1.165) is 12.6 Å². The molecule has 1 N–H and O–H groups in total. The van der Waals surface area contributed by atoms with E-state index in [1.165, 1.54) is 45.2 Å². The minimum absolute atomic E-state index is 0.613. The predicted octanol–water partition coefficient (Wildman–Crippen LogP) is 3.67. The standard InChI is InChI=1S/C15H34N2/c1-6-8-12-17(13-9-7-2)15(5)10-11-16-14(3)4/h14-16H,6-13H2,1-5H3. The molecule has 2 nitrogen and oxygen atoms in total. The second-order valence-electron chi connectivity index (χ2n) is 5.49. The van der Waals surface area contributed by atoms with E-state index >= 15 is 0 Å². The first-order chi connectivity index (χ1) is 8.11. The highest BCUT2D eigenvalue weighted by Crippen LogP contribution is 2.07. The minimum atomic E-state index is 0.613. The fourth-order valence-electron chi connectivity index (χ4n) is 2.04. The second-order valence-corrected chi connectivity index (χ2v) is 5.49. The molecule has 0 bridgehead atoms. The van der Waals surface area contributed by atoms with Gasteiger partial charge in [0.1, 0.15) is 0 Å². The van der Waals surface area contributed by atoms with Crippen LogP contribution in [0.2, 0.25) is 0 Å². The molecule has 0 radical (unpaired) electrons. The Hall–Kier alpha value is -0.0800. The summed E-state index contributed by atoms with van der Waals surface area (Å²) in [6.45, 7) is 15.1. The molecule has 0 aliphatic carbocycles. The summed E-state index contributed by atoms with van der Waals surface area (Å²) in [4.78, 5) is 2.68. The molecule has 0 aromatic carbocycles. The van der Waals surface area contributed by atoms with Gasteiger partial charge in [0.25, 0.3) is 0 Å². The average Bonchev–Trinajstić information content (AvgIpc) is 2.28. The molecule has 0 rings (SSSR count). The Balaban J connectivity index is 3.88. The van der Waals surface area contributed by atoms with Gasteiger partial charge >= 0.3 is 0 Å². The van der Waals surface area contributed by atoms with Crippen LogP contribution < -0.4 is 5.32 Å². The SMILES string of the molecule is CCCCN(CCCC)C(C)CCNC(C)C. The van der Waals surface area contributed by atoms with Crippen LogP contribution in [0.1, 0.15) is 66.7 Å². The molecule has 1 atom stereocenters. The highest BCUT2D eigenvalue weighted by atomic mass is 15.1. The Kier molecular flexibility index (Phi) is 11.0. The average molecular weight is 242 g/mol. The maximum Gasteiger partial charge on any atom is 0.00790 e. The third kappa shape index (κ3) is 9.61. The van der Waals surface area contributed by atoms with Gasteiger partial charge in [-0.15, -0.1) is 0 Å². The van der Waals surface area contributed by atoms with Crippen molar-refractivity contribution in [3.8, 4) is 0 Å². The van der Waals surface area contributed by atoms with E-state index in [2.05, 4.69) is 44.8 Å². The van der Waals surface area contributed by atoms with E-state index in [9.17, 15) is 0 Å². The second kappa shape index (κ2) is 11.0. The van der Waals surface area contributed by atoms with Gasteiger partial charge in [-0.3, -0.25) is 0 Å². The van der Waals surface area contributed by atoms with Crippen LogP contribution in [-0.4, -0.2) is 36.6 Å². The number of hydrogen-bond donors (Lipinski definition) is 1. The highest BCUT2D eigenvalue weighted by molar-refractivity contribution is 4.69. The molecule has 0 aromatic rings. The summed E-state index contributed by atoms with van der Waals surface area (Å²) >= 11 is 0. The van der Waals surface area contributed by atoms with Crippen LogP contribution >= 0.6 is 0 Å².